The van der Waals surface area contributed by atoms with E-state index >= 15 is 0 Å². The summed E-state index contributed by atoms with van der Waals surface area (Å²) >= 11 is 0. The van der Waals surface area contributed by atoms with E-state index in [0.717, 1.165) is 83.5 Å². The molecule has 482 valence electrons. The normalized spacial score (nSPS) is 29.8. The van der Waals surface area contributed by atoms with E-state index in [0.29, 0.717) is 19.3 Å². The highest BCUT2D eigenvalue weighted by molar-refractivity contribution is 5.76. The second-order valence-corrected chi connectivity index (χ2v) is 22.1. The number of hydrogen-bond donors (Lipinski definition) is 12. The number of aliphatic hydroxyl groups excluding tert-OH is 11. The van der Waals surface area contributed by atoms with Gasteiger partial charge in [0.05, 0.1) is 38.6 Å². The van der Waals surface area contributed by atoms with E-state index in [4.69, 9.17) is 28.4 Å². The first-order valence-electron chi connectivity index (χ1n) is 31.5. The van der Waals surface area contributed by atoms with Gasteiger partial charge in [0.25, 0.3) is 0 Å². The van der Waals surface area contributed by atoms with Crippen LogP contribution in [0.2, 0.25) is 0 Å². The molecule has 0 radical (unpaired) electrons. The highest BCUT2D eigenvalue weighted by Crippen LogP contribution is 2.33. The smallest absolute Gasteiger partial charge is 0.220 e. The zero-order valence-corrected chi connectivity index (χ0v) is 50.3. The lowest BCUT2D eigenvalue weighted by Gasteiger charge is -2.48. The molecular weight excluding hydrogens is 1080 g/mol. The Balaban J connectivity index is 1.46. The Morgan fingerprint density at radius 2 is 0.821 bits per heavy atom. The van der Waals surface area contributed by atoms with Gasteiger partial charge in [-0.25, -0.2) is 0 Å². The van der Waals surface area contributed by atoms with Gasteiger partial charge in [0.1, 0.15) is 73.2 Å². The summed E-state index contributed by atoms with van der Waals surface area (Å²) in [5.74, 6) is -0.291. The van der Waals surface area contributed by atoms with Gasteiger partial charge in [0.15, 0.2) is 18.9 Å². The third-order valence-corrected chi connectivity index (χ3v) is 15.2. The van der Waals surface area contributed by atoms with Crippen molar-refractivity contribution in [3.8, 4) is 0 Å². The van der Waals surface area contributed by atoms with Crippen LogP contribution in [0.1, 0.15) is 174 Å². The van der Waals surface area contributed by atoms with Gasteiger partial charge in [-0.1, -0.05) is 188 Å². The van der Waals surface area contributed by atoms with E-state index in [1.54, 1.807) is 0 Å². The summed E-state index contributed by atoms with van der Waals surface area (Å²) in [5, 5.41) is 120. The second-order valence-electron chi connectivity index (χ2n) is 22.1. The SMILES string of the molecule is CC/C=C\C/C=C\C/C=C\C/C=C\C/C=C\C/C=C\C/C=C\C/C=C\CCCCC(=O)NC(COC1OC(CO)C(OC2OC(CO)C(OC3OC(CO)C(O)C(O)C3O)C(O)C2O)C(O)C1O)C(O)CCCCCCCCCCCCCC. The highest BCUT2D eigenvalue weighted by atomic mass is 16.8. The maximum atomic E-state index is 13.3. The largest absolute Gasteiger partial charge is 0.394 e. The molecule has 17 unspecified atom stereocenters. The summed E-state index contributed by atoms with van der Waals surface area (Å²) in [7, 11) is 0. The molecule has 12 N–H and O–H groups in total. The molecule has 0 aromatic carbocycles. The number of unbranched alkanes of at least 4 members (excludes halogenated alkanes) is 13. The molecule has 3 heterocycles. The van der Waals surface area contributed by atoms with Crippen LogP contribution >= 0.6 is 0 Å². The zero-order valence-electron chi connectivity index (χ0n) is 50.3. The number of aliphatic hydroxyl groups is 11. The molecule has 84 heavy (non-hydrogen) atoms. The molecule has 19 heteroatoms. The summed E-state index contributed by atoms with van der Waals surface area (Å²) in [6, 6.07) is -0.917. The fraction of sp³-hybridized carbons (Fsp3) is 0.738. The predicted octanol–water partition coefficient (Wildman–Crippen LogP) is 6.54. The topological polar surface area (TPSA) is 307 Å². The summed E-state index contributed by atoms with van der Waals surface area (Å²) in [6.07, 6.45) is 32.1. The lowest BCUT2D eigenvalue weighted by molar-refractivity contribution is -0.379. The van der Waals surface area contributed by atoms with Gasteiger partial charge in [0.2, 0.25) is 5.91 Å². The van der Waals surface area contributed by atoms with Crippen molar-refractivity contribution < 1.29 is 89.4 Å². The number of amides is 1. The maximum Gasteiger partial charge on any atom is 0.220 e. The van der Waals surface area contributed by atoms with E-state index in [2.05, 4.69) is 116 Å². The fourth-order valence-corrected chi connectivity index (χ4v) is 10.0. The number of rotatable bonds is 45. The van der Waals surface area contributed by atoms with Gasteiger partial charge in [-0.15, -0.1) is 0 Å². The van der Waals surface area contributed by atoms with Crippen molar-refractivity contribution in [3.05, 3.63) is 97.2 Å². The standard InChI is InChI=1S/C65H109NO18/c1-3-5-7-9-11-13-15-17-18-19-20-21-22-23-24-25-26-27-28-29-30-31-33-35-37-39-41-43-53(71)66-48(49(70)42-40-38-36-34-32-16-14-12-10-8-6-4-2)47-79-63-59(77)56(74)61(51(45-68)81-63)84-65-60(78)57(75)62(52(46-69)82-65)83-64-58(76)55(73)54(72)50(44-67)80-64/h5,7,11,13,17-18,20-21,23-24,26-27,29-30,33,35,48-52,54-65,67-70,72-78H,3-4,6,8-10,12,14-16,19,22,25,28,31-32,34,36-47H2,1-2H3,(H,66,71)/b7-5-,13-11-,18-17-,21-20-,24-23-,27-26-,30-29-,35-33-. The molecule has 0 saturated carbocycles. The minimum Gasteiger partial charge on any atom is -0.394 e. The van der Waals surface area contributed by atoms with Crippen LogP contribution in [0.15, 0.2) is 97.2 Å². The quantitative estimate of drug-likeness (QED) is 0.0228. The maximum absolute atomic E-state index is 13.3. The number of allylic oxidation sites excluding steroid dienone is 16. The van der Waals surface area contributed by atoms with Crippen LogP contribution in [0.25, 0.3) is 0 Å². The molecular formula is C65H109NO18. The summed E-state index contributed by atoms with van der Waals surface area (Å²) in [5.41, 5.74) is 0. The Labute approximate surface area is 501 Å². The molecule has 0 bridgehead atoms. The first-order valence-corrected chi connectivity index (χ1v) is 31.5. The molecule has 17 atom stereocenters. The van der Waals surface area contributed by atoms with Gasteiger partial charge in [-0.2, -0.15) is 0 Å². The molecule has 0 spiro atoms. The first-order chi connectivity index (χ1) is 40.8. The minimum absolute atomic E-state index is 0.204. The summed E-state index contributed by atoms with van der Waals surface area (Å²) in [4.78, 5) is 13.3. The Morgan fingerprint density at radius 1 is 0.440 bits per heavy atom. The van der Waals surface area contributed by atoms with Crippen molar-refractivity contribution >= 4 is 5.91 Å². The van der Waals surface area contributed by atoms with E-state index in [1.165, 1.54) is 51.4 Å². The van der Waals surface area contributed by atoms with Crippen LogP contribution in [-0.2, 0) is 33.2 Å². The van der Waals surface area contributed by atoms with Gasteiger partial charge in [0, 0.05) is 6.42 Å². The van der Waals surface area contributed by atoms with E-state index in [-0.39, 0.29) is 18.9 Å². The van der Waals surface area contributed by atoms with Crippen LogP contribution in [0.3, 0.4) is 0 Å². The number of carbonyl (C=O) groups excluding carboxylic acids is 1. The van der Waals surface area contributed by atoms with Gasteiger partial charge in [-0.05, 0) is 77.0 Å². The van der Waals surface area contributed by atoms with Gasteiger partial charge >= 0.3 is 0 Å². The third kappa shape index (κ3) is 29.6. The van der Waals surface area contributed by atoms with Crippen molar-refractivity contribution in [2.45, 2.75) is 279 Å². The Kier molecular flexibility index (Phi) is 41.8. The monoisotopic (exact) mass is 1190 g/mol. The first kappa shape index (κ1) is 75.0. The molecule has 0 aromatic rings. The fourth-order valence-electron chi connectivity index (χ4n) is 10.0. The molecule has 3 aliphatic heterocycles. The average molecular weight is 1190 g/mol. The van der Waals surface area contributed by atoms with E-state index < -0.39 is 124 Å². The number of nitrogens with one attached hydrogen (secondary N) is 1. The molecule has 0 aromatic heterocycles. The van der Waals surface area contributed by atoms with Crippen LogP contribution in [0.5, 0.6) is 0 Å². The lowest BCUT2D eigenvalue weighted by atomic mass is 9.96. The Hall–Kier alpha value is -3.29. The predicted molar refractivity (Wildman–Crippen MR) is 323 cm³/mol. The molecule has 3 aliphatic rings. The molecule has 3 fully saturated rings. The minimum atomic E-state index is -1.98. The second kappa shape index (κ2) is 46.8. The Bertz CT molecular complexity index is 1910. The summed E-state index contributed by atoms with van der Waals surface area (Å²) < 4.78 is 34.3. The average Bonchev–Trinajstić information content (AvgIpc) is 2.98. The molecule has 3 rings (SSSR count). The van der Waals surface area contributed by atoms with Crippen molar-refractivity contribution in [2.24, 2.45) is 0 Å². The van der Waals surface area contributed by atoms with Gasteiger partial charge in [-0.3, -0.25) is 4.79 Å². The van der Waals surface area contributed by atoms with Crippen molar-refractivity contribution in [2.75, 3.05) is 26.4 Å². The number of hydrogen-bond acceptors (Lipinski definition) is 18. The van der Waals surface area contributed by atoms with Crippen LogP contribution in [0.4, 0.5) is 0 Å². The van der Waals surface area contributed by atoms with Crippen LogP contribution in [0, 0.1) is 0 Å². The zero-order chi connectivity index (χ0) is 61.2. The molecule has 19 nitrogen and oxygen atoms in total. The summed E-state index contributed by atoms with van der Waals surface area (Å²) in [6.45, 7) is 1.61. The van der Waals surface area contributed by atoms with Crippen molar-refractivity contribution in [1.29, 1.82) is 0 Å². The van der Waals surface area contributed by atoms with Crippen molar-refractivity contribution in [1.82, 2.24) is 5.32 Å². The lowest BCUT2D eigenvalue weighted by Crippen LogP contribution is -2.66. The third-order valence-electron chi connectivity index (χ3n) is 15.2. The van der Waals surface area contributed by atoms with Crippen LogP contribution in [-0.4, -0.2) is 193 Å². The van der Waals surface area contributed by atoms with E-state index in [9.17, 15) is 61.0 Å². The number of carbonyl (C=O) groups is 1. The van der Waals surface area contributed by atoms with Gasteiger partial charge < -0.3 is 89.9 Å². The van der Waals surface area contributed by atoms with Crippen LogP contribution < -0.4 is 5.32 Å². The molecule has 0 aliphatic carbocycles. The van der Waals surface area contributed by atoms with E-state index in [1.807, 2.05) is 0 Å². The Morgan fingerprint density at radius 3 is 1.26 bits per heavy atom. The van der Waals surface area contributed by atoms with Crippen molar-refractivity contribution in [3.63, 3.8) is 0 Å². The molecule has 1 amide bonds. The number of ether oxygens (including phenoxy) is 6. The highest BCUT2D eigenvalue weighted by Gasteiger charge is 2.53. The molecule has 3 saturated heterocycles.